The molecule has 42 valence electrons. The van der Waals surface area contributed by atoms with E-state index < -0.39 is 0 Å². The number of rotatable bonds is 1. The zero-order valence-electron chi connectivity index (χ0n) is 4.99. The zero-order chi connectivity index (χ0) is 5.91. The molecule has 0 heterocycles. The summed E-state index contributed by atoms with van der Waals surface area (Å²) in [7, 11) is 0. The molecule has 0 fully saturated rings. The second kappa shape index (κ2) is 1.96. The predicted molar refractivity (Wildman–Crippen MR) is 29.0 cm³/mol. The Morgan fingerprint density at radius 1 is 1.43 bits per heavy atom. The molecule has 0 aliphatic carbocycles. The molecule has 0 aromatic rings. The fourth-order valence-corrected chi connectivity index (χ4v) is 0.177. The lowest BCUT2D eigenvalue weighted by molar-refractivity contribution is -0.110. The van der Waals surface area contributed by atoms with Crippen LogP contribution in [-0.4, -0.2) is 11.9 Å². The van der Waals surface area contributed by atoms with Gasteiger partial charge in [-0.15, -0.1) is 0 Å². The highest BCUT2D eigenvalue weighted by Crippen LogP contribution is 1.94. The second-order valence-corrected chi connectivity index (χ2v) is 2.51. The van der Waals surface area contributed by atoms with Gasteiger partial charge in [0.2, 0.25) is 6.41 Å². The molecular formula is C5H11NO. The summed E-state index contributed by atoms with van der Waals surface area (Å²) < 4.78 is 0. The maximum atomic E-state index is 9.71. The third kappa shape index (κ3) is 5.47. The van der Waals surface area contributed by atoms with Gasteiger partial charge in [0, 0.05) is 5.54 Å². The summed E-state index contributed by atoms with van der Waals surface area (Å²) in [5, 5.41) is 2.60. The van der Waals surface area contributed by atoms with E-state index in [4.69, 9.17) is 0 Å². The van der Waals surface area contributed by atoms with Crippen LogP contribution in [0.5, 0.6) is 0 Å². The third-order valence-corrected chi connectivity index (χ3v) is 0.492. The van der Waals surface area contributed by atoms with Crippen LogP contribution < -0.4 is 5.32 Å². The van der Waals surface area contributed by atoms with E-state index in [1.54, 1.807) is 0 Å². The van der Waals surface area contributed by atoms with E-state index in [1.807, 2.05) is 20.8 Å². The third-order valence-electron chi connectivity index (χ3n) is 0.492. The van der Waals surface area contributed by atoms with Crippen LogP contribution in [0.3, 0.4) is 0 Å². The Bertz CT molecular complexity index is 63.0. The summed E-state index contributed by atoms with van der Waals surface area (Å²) >= 11 is 0. The Morgan fingerprint density at radius 2 is 1.86 bits per heavy atom. The van der Waals surface area contributed by atoms with Crippen molar-refractivity contribution < 1.29 is 4.79 Å². The van der Waals surface area contributed by atoms with Crippen LogP contribution in [-0.2, 0) is 4.79 Å². The van der Waals surface area contributed by atoms with Crippen molar-refractivity contribution in [3.63, 3.8) is 0 Å². The van der Waals surface area contributed by atoms with E-state index in [-0.39, 0.29) is 5.54 Å². The van der Waals surface area contributed by atoms with Gasteiger partial charge in [-0.2, -0.15) is 0 Å². The minimum absolute atomic E-state index is 0.0677. The van der Waals surface area contributed by atoms with Crippen LogP contribution in [0.4, 0.5) is 0 Å². The molecular weight excluding hydrogens is 90.1 g/mol. The Labute approximate surface area is 43.9 Å². The van der Waals surface area contributed by atoms with Crippen molar-refractivity contribution in [3.05, 3.63) is 0 Å². The standard InChI is InChI=1S/C5H11NO/c1-5(2,3)6-4-7/h4H,1-3H3,(H,6,7). The molecule has 0 aliphatic rings. The number of nitrogens with one attached hydrogen (secondary N) is 1. The molecule has 0 spiro atoms. The van der Waals surface area contributed by atoms with Crippen LogP contribution in [0.25, 0.3) is 0 Å². The molecule has 0 aliphatic heterocycles. The van der Waals surface area contributed by atoms with Crippen molar-refractivity contribution in [3.8, 4) is 0 Å². The summed E-state index contributed by atoms with van der Waals surface area (Å²) in [6, 6.07) is 0. The molecule has 1 N–H and O–H groups in total. The highest BCUT2D eigenvalue weighted by atomic mass is 16.1. The van der Waals surface area contributed by atoms with Crippen molar-refractivity contribution in [2.24, 2.45) is 0 Å². The Hall–Kier alpha value is -0.530. The molecule has 7 heavy (non-hydrogen) atoms. The predicted octanol–water partition coefficient (Wildman–Crippen LogP) is 0.531. The van der Waals surface area contributed by atoms with E-state index in [9.17, 15) is 4.79 Å². The fourth-order valence-electron chi connectivity index (χ4n) is 0.177. The zero-order valence-corrected chi connectivity index (χ0v) is 4.99. The molecule has 0 aromatic carbocycles. The van der Waals surface area contributed by atoms with Gasteiger partial charge in [0.15, 0.2) is 0 Å². The quantitative estimate of drug-likeness (QED) is 0.480. The smallest absolute Gasteiger partial charge is 0.207 e. The first-order valence-corrected chi connectivity index (χ1v) is 2.27. The molecule has 0 bridgehead atoms. The first kappa shape index (κ1) is 6.47. The van der Waals surface area contributed by atoms with Gasteiger partial charge in [-0.05, 0) is 20.8 Å². The molecule has 0 rings (SSSR count). The molecule has 0 unspecified atom stereocenters. The monoisotopic (exact) mass is 101 g/mol. The second-order valence-electron chi connectivity index (χ2n) is 2.51. The van der Waals surface area contributed by atoms with E-state index in [0.717, 1.165) is 0 Å². The SMILES string of the molecule is CC(C)(C)NC=O. The van der Waals surface area contributed by atoms with E-state index in [0.29, 0.717) is 6.41 Å². The highest BCUT2D eigenvalue weighted by Gasteiger charge is 2.04. The van der Waals surface area contributed by atoms with Gasteiger partial charge in [-0.3, -0.25) is 4.79 Å². The Kier molecular flexibility index (Phi) is 1.81. The Balaban J connectivity index is 3.34. The summed E-state index contributed by atoms with van der Waals surface area (Å²) in [4.78, 5) is 9.71. The maximum absolute atomic E-state index is 9.71. The van der Waals surface area contributed by atoms with Gasteiger partial charge in [0.25, 0.3) is 0 Å². The van der Waals surface area contributed by atoms with E-state index >= 15 is 0 Å². The minimum Gasteiger partial charge on any atom is -0.354 e. The van der Waals surface area contributed by atoms with Gasteiger partial charge in [-0.25, -0.2) is 0 Å². The van der Waals surface area contributed by atoms with E-state index in [2.05, 4.69) is 5.32 Å². The summed E-state index contributed by atoms with van der Waals surface area (Å²) in [6.07, 6.45) is 0.708. The van der Waals surface area contributed by atoms with Gasteiger partial charge >= 0.3 is 0 Å². The van der Waals surface area contributed by atoms with Crippen molar-refractivity contribution in [2.45, 2.75) is 26.3 Å². The number of amides is 1. The highest BCUT2D eigenvalue weighted by molar-refractivity contribution is 5.47. The largest absolute Gasteiger partial charge is 0.354 e. The lowest BCUT2D eigenvalue weighted by Crippen LogP contribution is -2.34. The van der Waals surface area contributed by atoms with Crippen LogP contribution >= 0.6 is 0 Å². The number of carbonyl (C=O) groups excluding carboxylic acids is 1. The molecule has 2 heteroatoms. The lowest BCUT2D eigenvalue weighted by Gasteiger charge is -2.15. The molecule has 0 saturated carbocycles. The average Bonchev–Trinajstić information content (AvgIpc) is 1.30. The van der Waals surface area contributed by atoms with Crippen molar-refractivity contribution in [2.75, 3.05) is 0 Å². The topological polar surface area (TPSA) is 29.1 Å². The fraction of sp³-hybridized carbons (Fsp3) is 0.800. The molecule has 1 amide bonds. The van der Waals surface area contributed by atoms with Crippen LogP contribution in [0.1, 0.15) is 20.8 Å². The number of hydrogen-bond acceptors (Lipinski definition) is 1. The summed E-state index contributed by atoms with van der Waals surface area (Å²) in [5.41, 5.74) is -0.0677. The first-order chi connectivity index (χ1) is 3.06. The molecule has 0 aromatic heterocycles. The first-order valence-electron chi connectivity index (χ1n) is 2.27. The van der Waals surface area contributed by atoms with Crippen molar-refractivity contribution in [1.29, 1.82) is 0 Å². The number of carbonyl (C=O) groups is 1. The van der Waals surface area contributed by atoms with E-state index in [1.165, 1.54) is 0 Å². The average molecular weight is 101 g/mol. The van der Waals surface area contributed by atoms with Gasteiger partial charge in [-0.1, -0.05) is 0 Å². The summed E-state index contributed by atoms with van der Waals surface area (Å²) in [5.74, 6) is 0. The molecule has 0 atom stereocenters. The van der Waals surface area contributed by atoms with Gasteiger partial charge < -0.3 is 5.32 Å². The Morgan fingerprint density at radius 3 is 1.86 bits per heavy atom. The van der Waals surface area contributed by atoms with Crippen molar-refractivity contribution >= 4 is 6.41 Å². The molecule has 2 nitrogen and oxygen atoms in total. The van der Waals surface area contributed by atoms with Crippen molar-refractivity contribution in [1.82, 2.24) is 5.32 Å². The minimum atomic E-state index is -0.0677. The normalized spacial score (nSPS) is 10.7. The van der Waals surface area contributed by atoms with Gasteiger partial charge in [0.1, 0.15) is 0 Å². The van der Waals surface area contributed by atoms with Crippen LogP contribution in [0, 0.1) is 0 Å². The number of hydrogen-bond donors (Lipinski definition) is 1. The summed E-state index contributed by atoms with van der Waals surface area (Å²) in [6.45, 7) is 5.80. The maximum Gasteiger partial charge on any atom is 0.207 e. The molecule has 0 saturated heterocycles. The van der Waals surface area contributed by atoms with Gasteiger partial charge in [0.05, 0.1) is 0 Å². The lowest BCUT2D eigenvalue weighted by atomic mass is 10.1. The van der Waals surface area contributed by atoms with Crippen LogP contribution in [0.15, 0.2) is 0 Å². The molecule has 0 radical (unpaired) electrons. The van der Waals surface area contributed by atoms with Crippen LogP contribution in [0.2, 0.25) is 0 Å².